The molecule has 0 fully saturated rings. The average Bonchev–Trinajstić information content (AvgIpc) is 2.18. The molecule has 0 atom stereocenters. The van der Waals surface area contributed by atoms with Crippen molar-refractivity contribution in [2.75, 3.05) is 0 Å². The zero-order valence-corrected chi connectivity index (χ0v) is 8.92. The van der Waals surface area contributed by atoms with E-state index in [1.165, 1.54) is 11.9 Å². The molecule has 0 aliphatic rings. The first-order chi connectivity index (χ1) is 6.68. The van der Waals surface area contributed by atoms with Crippen molar-refractivity contribution in [3.63, 3.8) is 0 Å². The molecule has 14 heavy (non-hydrogen) atoms. The predicted molar refractivity (Wildman–Crippen MR) is 58.6 cm³/mol. The Kier molecular flexibility index (Phi) is 2.38. The van der Waals surface area contributed by atoms with Gasteiger partial charge in [0.05, 0.1) is 5.52 Å². The summed E-state index contributed by atoms with van der Waals surface area (Å²) in [6, 6.07) is 6.12. The Balaban J connectivity index is 2.70. The summed E-state index contributed by atoms with van der Waals surface area (Å²) in [5.41, 5.74) is 2.16. The fourth-order valence-corrected chi connectivity index (χ4v) is 1.60. The van der Waals surface area contributed by atoms with Gasteiger partial charge in [-0.1, -0.05) is 31.5 Å². The van der Waals surface area contributed by atoms with Crippen molar-refractivity contribution in [2.45, 2.75) is 19.8 Å². The Hall–Kier alpha value is -1.15. The molecule has 0 unspecified atom stereocenters. The van der Waals surface area contributed by atoms with E-state index in [4.69, 9.17) is 11.6 Å². The lowest BCUT2D eigenvalue weighted by Crippen LogP contribution is -1.89. The smallest absolute Gasteiger partial charge is 0.140 e. The molecule has 0 aliphatic carbocycles. The highest BCUT2D eigenvalue weighted by Gasteiger charge is 2.04. The topological polar surface area (TPSA) is 25.8 Å². The van der Waals surface area contributed by atoms with Crippen LogP contribution < -0.4 is 0 Å². The Labute approximate surface area is 88.0 Å². The molecule has 0 aliphatic heterocycles. The maximum Gasteiger partial charge on any atom is 0.140 e. The minimum absolute atomic E-state index is 0.496. The Morgan fingerprint density at radius 2 is 2.00 bits per heavy atom. The normalized spacial score (nSPS) is 11.1. The van der Waals surface area contributed by atoms with Crippen LogP contribution >= 0.6 is 11.6 Å². The number of fused-ring (bicyclic) bond motifs is 1. The maximum atomic E-state index is 5.98. The van der Waals surface area contributed by atoms with Crippen LogP contribution in [0.4, 0.5) is 0 Å². The second kappa shape index (κ2) is 3.54. The summed E-state index contributed by atoms with van der Waals surface area (Å²) >= 11 is 5.98. The van der Waals surface area contributed by atoms with E-state index in [9.17, 15) is 0 Å². The number of hydrogen-bond donors (Lipinski definition) is 0. The number of nitrogens with zero attached hydrogens (tertiary/aromatic N) is 2. The van der Waals surface area contributed by atoms with Crippen molar-refractivity contribution < 1.29 is 0 Å². The lowest BCUT2D eigenvalue weighted by atomic mass is 10.0. The summed E-state index contributed by atoms with van der Waals surface area (Å²) in [5.74, 6) is 0.496. The van der Waals surface area contributed by atoms with Crippen LogP contribution in [0.3, 0.4) is 0 Å². The molecular weight excluding hydrogens is 196 g/mol. The number of rotatable bonds is 1. The van der Waals surface area contributed by atoms with Crippen LogP contribution in [-0.4, -0.2) is 9.97 Å². The first kappa shape index (κ1) is 9.41. The van der Waals surface area contributed by atoms with E-state index in [0.717, 1.165) is 10.9 Å². The van der Waals surface area contributed by atoms with Crippen LogP contribution in [0.1, 0.15) is 25.3 Å². The van der Waals surface area contributed by atoms with E-state index < -0.39 is 0 Å². The van der Waals surface area contributed by atoms with Crippen molar-refractivity contribution in [3.8, 4) is 0 Å². The van der Waals surface area contributed by atoms with Crippen molar-refractivity contribution in [3.05, 3.63) is 35.2 Å². The van der Waals surface area contributed by atoms with Gasteiger partial charge < -0.3 is 0 Å². The van der Waals surface area contributed by atoms with Gasteiger partial charge in [-0.25, -0.2) is 9.97 Å². The van der Waals surface area contributed by atoms with Gasteiger partial charge in [-0.05, 0) is 23.6 Å². The predicted octanol–water partition coefficient (Wildman–Crippen LogP) is 3.41. The molecule has 0 spiro atoms. The Morgan fingerprint density at radius 1 is 1.21 bits per heavy atom. The van der Waals surface area contributed by atoms with E-state index in [1.54, 1.807) is 0 Å². The summed E-state index contributed by atoms with van der Waals surface area (Å²) in [5, 5.41) is 1.46. The quantitative estimate of drug-likeness (QED) is 0.669. The minimum atomic E-state index is 0.496. The zero-order chi connectivity index (χ0) is 10.1. The molecule has 2 nitrogen and oxygen atoms in total. The summed E-state index contributed by atoms with van der Waals surface area (Å²) in [6.45, 7) is 4.30. The second-order valence-corrected chi connectivity index (χ2v) is 3.95. The van der Waals surface area contributed by atoms with E-state index in [2.05, 4.69) is 35.9 Å². The molecule has 0 saturated carbocycles. The van der Waals surface area contributed by atoms with Gasteiger partial charge >= 0.3 is 0 Å². The summed E-state index contributed by atoms with van der Waals surface area (Å²) in [6.07, 6.45) is 1.49. The van der Waals surface area contributed by atoms with E-state index in [0.29, 0.717) is 11.1 Å². The van der Waals surface area contributed by atoms with Crippen molar-refractivity contribution in [1.82, 2.24) is 9.97 Å². The van der Waals surface area contributed by atoms with Crippen LogP contribution in [0.5, 0.6) is 0 Å². The summed E-state index contributed by atoms with van der Waals surface area (Å²) < 4.78 is 0. The van der Waals surface area contributed by atoms with E-state index >= 15 is 0 Å². The lowest BCUT2D eigenvalue weighted by Gasteiger charge is -2.06. The average molecular weight is 207 g/mol. The van der Waals surface area contributed by atoms with Crippen LogP contribution in [-0.2, 0) is 0 Å². The van der Waals surface area contributed by atoms with Crippen LogP contribution in [0, 0.1) is 0 Å². The largest absolute Gasteiger partial charge is 0.236 e. The molecule has 1 aromatic heterocycles. The standard InChI is InChI=1S/C11H11ClN2/c1-7(2)8-3-4-10-9(5-8)11(12)14-6-13-10/h3-7H,1-2H3. The molecular formula is C11H11ClN2. The molecule has 72 valence electrons. The van der Waals surface area contributed by atoms with Gasteiger partial charge in [0.1, 0.15) is 11.5 Å². The second-order valence-electron chi connectivity index (χ2n) is 3.60. The summed E-state index contributed by atoms with van der Waals surface area (Å²) in [4.78, 5) is 8.11. The van der Waals surface area contributed by atoms with Gasteiger partial charge in [0, 0.05) is 5.39 Å². The van der Waals surface area contributed by atoms with Gasteiger partial charge in [0.25, 0.3) is 0 Å². The Morgan fingerprint density at radius 3 is 2.71 bits per heavy atom. The number of benzene rings is 1. The van der Waals surface area contributed by atoms with Crippen molar-refractivity contribution in [1.29, 1.82) is 0 Å². The highest BCUT2D eigenvalue weighted by Crippen LogP contribution is 2.23. The van der Waals surface area contributed by atoms with Crippen molar-refractivity contribution in [2.24, 2.45) is 0 Å². The molecule has 2 aromatic rings. The fourth-order valence-electron chi connectivity index (χ4n) is 1.40. The summed E-state index contributed by atoms with van der Waals surface area (Å²) in [7, 11) is 0. The van der Waals surface area contributed by atoms with Gasteiger partial charge in [0.15, 0.2) is 0 Å². The van der Waals surface area contributed by atoms with Gasteiger partial charge in [0.2, 0.25) is 0 Å². The SMILES string of the molecule is CC(C)c1ccc2ncnc(Cl)c2c1. The number of halogens is 1. The monoisotopic (exact) mass is 206 g/mol. The fraction of sp³-hybridized carbons (Fsp3) is 0.273. The molecule has 0 bridgehead atoms. The highest BCUT2D eigenvalue weighted by molar-refractivity contribution is 6.34. The van der Waals surface area contributed by atoms with E-state index in [-0.39, 0.29) is 0 Å². The third kappa shape index (κ3) is 1.58. The zero-order valence-electron chi connectivity index (χ0n) is 8.16. The van der Waals surface area contributed by atoms with Crippen molar-refractivity contribution >= 4 is 22.5 Å². The third-order valence-corrected chi connectivity index (χ3v) is 2.58. The first-order valence-electron chi connectivity index (χ1n) is 4.58. The molecule has 0 saturated heterocycles. The molecule has 1 heterocycles. The molecule has 2 rings (SSSR count). The van der Waals surface area contributed by atoms with E-state index in [1.807, 2.05) is 6.07 Å². The molecule has 1 aromatic carbocycles. The lowest BCUT2D eigenvalue weighted by molar-refractivity contribution is 0.868. The molecule has 0 amide bonds. The Bertz CT molecular complexity index is 466. The molecule has 0 radical (unpaired) electrons. The molecule has 3 heteroatoms. The van der Waals surface area contributed by atoms with Gasteiger partial charge in [-0.15, -0.1) is 0 Å². The van der Waals surface area contributed by atoms with Crippen LogP contribution in [0.25, 0.3) is 10.9 Å². The molecule has 0 N–H and O–H groups in total. The minimum Gasteiger partial charge on any atom is -0.236 e. The third-order valence-electron chi connectivity index (χ3n) is 2.28. The van der Waals surface area contributed by atoms with Crippen LogP contribution in [0.2, 0.25) is 5.15 Å². The van der Waals surface area contributed by atoms with Gasteiger partial charge in [-0.3, -0.25) is 0 Å². The first-order valence-corrected chi connectivity index (χ1v) is 4.96. The van der Waals surface area contributed by atoms with Gasteiger partial charge in [-0.2, -0.15) is 0 Å². The highest BCUT2D eigenvalue weighted by atomic mass is 35.5. The van der Waals surface area contributed by atoms with Crippen LogP contribution in [0.15, 0.2) is 24.5 Å². The maximum absolute atomic E-state index is 5.98. The number of aromatic nitrogens is 2. The number of hydrogen-bond acceptors (Lipinski definition) is 2.